The molecule has 0 spiro atoms. The molecule has 2 fully saturated rings. The molecular weight excluding hydrogens is 228 g/mol. The van der Waals surface area contributed by atoms with Crippen molar-refractivity contribution in [1.29, 1.82) is 0 Å². The van der Waals surface area contributed by atoms with Gasteiger partial charge in [-0.15, -0.1) is 0 Å². The summed E-state index contributed by atoms with van der Waals surface area (Å²) < 4.78 is 0. The molecule has 102 valence electrons. The largest absolute Gasteiger partial charge is 0.344 e. The second kappa shape index (κ2) is 4.90. The number of hydrogen-bond acceptors (Lipinski definition) is 2. The molecule has 1 N–H and O–H groups in total. The Balaban J connectivity index is 2.23. The third kappa shape index (κ3) is 2.13. The number of nitrogens with one attached hydrogen (secondary N) is 1. The van der Waals surface area contributed by atoms with Gasteiger partial charge in [-0.1, -0.05) is 20.8 Å². The molecule has 0 aromatic heterocycles. The Kier molecular flexibility index (Phi) is 3.64. The first-order valence-electron chi connectivity index (χ1n) is 7.11. The fourth-order valence-electron chi connectivity index (χ4n) is 3.12. The van der Waals surface area contributed by atoms with Crippen molar-refractivity contribution in [2.75, 3.05) is 6.54 Å². The quantitative estimate of drug-likeness (QED) is 0.831. The molecule has 4 nitrogen and oxygen atoms in total. The van der Waals surface area contributed by atoms with Crippen LogP contribution in [0.2, 0.25) is 0 Å². The molecule has 1 aliphatic carbocycles. The van der Waals surface area contributed by atoms with Gasteiger partial charge in [0.1, 0.15) is 6.04 Å². The van der Waals surface area contributed by atoms with Crippen LogP contribution in [0.3, 0.4) is 0 Å². The molecular formula is C14H24N2O2. The smallest absolute Gasteiger partial charge is 0.245 e. The predicted octanol–water partition coefficient (Wildman–Crippen LogP) is 1.69. The van der Waals surface area contributed by atoms with Gasteiger partial charge in [0.25, 0.3) is 0 Å². The Labute approximate surface area is 109 Å². The van der Waals surface area contributed by atoms with Crippen molar-refractivity contribution < 1.29 is 9.59 Å². The number of carbonyl (C=O) groups excluding carboxylic acids is 2. The minimum absolute atomic E-state index is 0.00938. The SMILES string of the molecule is CCC1(N2CCC(=O)NC(C(C)C)C2=O)CCC1. The summed E-state index contributed by atoms with van der Waals surface area (Å²) >= 11 is 0. The van der Waals surface area contributed by atoms with Gasteiger partial charge in [0.05, 0.1) is 0 Å². The van der Waals surface area contributed by atoms with Gasteiger partial charge in [0.2, 0.25) is 11.8 Å². The van der Waals surface area contributed by atoms with E-state index in [0.717, 1.165) is 19.3 Å². The van der Waals surface area contributed by atoms with Crippen LogP contribution >= 0.6 is 0 Å². The molecule has 4 heteroatoms. The average molecular weight is 252 g/mol. The highest BCUT2D eigenvalue weighted by molar-refractivity contribution is 5.90. The number of carbonyl (C=O) groups is 2. The molecule has 1 aliphatic heterocycles. The van der Waals surface area contributed by atoms with Crippen molar-refractivity contribution in [1.82, 2.24) is 10.2 Å². The molecule has 2 amide bonds. The maximum Gasteiger partial charge on any atom is 0.245 e. The maximum absolute atomic E-state index is 12.6. The molecule has 1 heterocycles. The summed E-state index contributed by atoms with van der Waals surface area (Å²) in [6, 6.07) is -0.343. The Morgan fingerprint density at radius 3 is 2.50 bits per heavy atom. The van der Waals surface area contributed by atoms with Crippen molar-refractivity contribution in [2.45, 2.75) is 64.5 Å². The van der Waals surface area contributed by atoms with Crippen molar-refractivity contribution in [3.05, 3.63) is 0 Å². The lowest BCUT2D eigenvalue weighted by molar-refractivity contribution is -0.144. The van der Waals surface area contributed by atoms with E-state index in [-0.39, 0.29) is 29.3 Å². The van der Waals surface area contributed by atoms with Crippen molar-refractivity contribution in [2.24, 2.45) is 5.92 Å². The topological polar surface area (TPSA) is 49.4 Å². The van der Waals surface area contributed by atoms with E-state index in [1.165, 1.54) is 6.42 Å². The van der Waals surface area contributed by atoms with E-state index in [2.05, 4.69) is 12.2 Å². The van der Waals surface area contributed by atoms with E-state index in [1.807, 2.05) is 18.7 Å². The number of hydrogen-bond donors (Lipinski definition) is 1. The Morgan fingerprint density at radius 2 is 2.06 bits per heavy atom. The monoisotopic (exact) mass is 252 g/mol. The van der Waals surface area contributed by atoms with E-state index < -0.39 is 0 Å². The van der Waals surface area contributed by atoms with Crippen LogP contribution in [0.15, 0.2) is 0 Å². The zero-order valence-electron chi connectivity index (χ0n) is 11.7. The van der Waals surface area contributed by atoms with Crippen LogP contribution < -0.4 is 5.32 Å². The van der Waals surface area contributed by atoms with Gasteiger partial charge in [-0.05, 0) is 31.6 Å². The van der Waals surface area contributed by atoms with Crippen LogP contribution in [0.5, 0.6) is 0 Å². The van der Waals surface area contributed by atoms with Crippen LogP contribution in [-0.2, 0) is 9.59 Å². The molecule has 2 aliphatic rings. The van der Waals surface area contributed by atoms with Gasteiger partial charge >= 0.3 is 0 Å². The highest BCUT2D eigenvalue weighted by Gasteiger charge is 2.46. The summed E-state index contributed by atoms with van der Waals surface area (Å²) in [7, 11) is 0. The molecule has 1 saturated heterocycles. The Morgan fingerprint density at radius 1 is 1.39 bits per heavy atom. The molecule has 1 atom stereocenters. The van der Waals surface area contributed by atoms with E-state index in [1.54, 1.807) is 0 Å². The molecule has 2 rings (SSSR count). The van der Waals surface area contributed by atoms with E-state index in [0.29, 0.717) is 13.0 Å². The van der Waals surface area contributed by atoms with Gasteiger partial charge in [0, 0.05) is 18.5 Å². The third-order valence-corrected chi connectivity index (χ3v) is 4.59. The summed E-state index contributed by atoms with van der Waals surface area (Å²) in [5.41, 5.74) is 0.0382. The standard InChI is InChI=1S/C14H24N2O2/c1-4-14(7-5-8-14)16-9-6-11(17)15-12(10(2)3)13(16)18/h10,12H,4-9H2,1-3H3,(H,15,17). The summed E-state index contributed by atoms with van der Waals surface area (Å²) in [4.78, 5) is 26.4. The first-order valence-corrected chi connectivity index (χ1v) is 7.11. The summed E-state index contributed by atoms with van der Waals surface area (Å²) in [6.45, 7) is 6.72. The zero-order valence-corrected chi connectivity index (χ0v) is 11.7. The van der Waals surface area contributed by atoms with Crippen molar-refractivity contribution in [3.8, 4) is 0 Å². The Hall–Kier alpha value is -1.06. The molecule has 0 radical (unpaired) electrons. The Bertz CT molecular complexity index is 342. The first-order chi connectivity index (χ1) is 8.50. The summed E-state index contributed by atoms with van der Waals surface area (Å²) in [5, 5.41) is 2.87. The normalized spacial score (nSPS) is 27.8. The van der Waals surface area contributed by atoms with Crippen molar-refractivity contribution in [3.63, 3.8) is 0 Å². The predicted molar refractivity (Wildman–Crippen MR) is 70.0 cm³/mol. The first kappa shape index (κ1) is 13.4. The van der Waals surface area contributed by atoms with Gasteiger partial charge in [-0.3, -0.25) is 9.59 Å². The van der Waals surface area contributed by atoms with Gasteiger partial charge in [-0.25, -0.2) is 0 Å². The maximum atomic E-state index is 12.6. The molecule has 18 heavy (non-hydrogen) atoms. The minimum atomic E-state index is -0.343. The van der Waals surface area contributed by atoms with Crippen LogP contribution in [-0.4, -0.2) is 34.8 Å². The van der Waals surface area contributed by atoms with E-state index in [4.69, 9.17) is 0 Å². The van der Waals surface area contributed by atoms with E-state index >= 15 is 0 Å². The number of rotatable bonds is 3. The molecule has 0 bridgehead atoms. The van der Waals surface area contributed by atoms with Crippen LogP contribution in [0, 0.1) is 5.92 Å². The minimum Gasteiger partial charge on any atom is -0.344 e. The average Bonchev–Trinajstić information content (AvgIpc) is 2.41. The van der Waals surface area contributed by atoms with Crippen LogP contribution in [0.1, 0.15) is 52.9 Å². The second-order valence-electron chi connectivity index (χ2n) is 5.96. The van der Waals surface area contributed by atoms with Gasteiger partial charge in [0.15, 0.2) is 0 Å². The third-order valence-electron chi connectivity index (χ3n) is 4.59. The van der Waals surface area contributed by atoms with Gasteiger partial charge in [-0.2, -0.15) is 0 Å². The van der Waals surface area contributed by atoms with Gasteiger partial charge < -0.3 is 10.2 Å². The highest BCUT2D eigenvalue weighted by atomic mass is 16.2. The molecule has 1 unspecified atom stereocenters. The highest BCUT2D eigenvalue weighted by Crippen LogP contribution is 2.41. The number of nitrogens with zero attached hydrogens (tertiary/aromatic N) is 1. The van der Waals surface area contributed by atoms with Crippen molar-refractivity contribution >= 4 is 11.8 Å². The lowest BCUT2D eigenvalue weighted by Crippen LogP contribution is -2.59. The lowest BCUT2D eigenvalue weighted by Gasteiger charge is -2.50. The fraction of sp³-hybridized carbons (Fsp3) is 0.857. The fourth-order valence-corrected chi connectivity index (χ4v) is 3.12. The number of amides is 2. The summed E-state index contributed by atoms with van der Waals surface area (Å²) in [5.74, 6) is 0.281. The van der Waals surface area contributed by atoms with E-state index in [9.17, 15) is 9.59 Å². The molecule has 1 saturated carbocycles. The molecule has 0 aromatic carbocycles. The lowest BCUT2D eigenvalue weighted by atomic mass is 9.73. The second-order valence-corrected chi connectivity index (χ2v) is 5.96. The summed E-state index contributed by atoms with van der Waals surface area (Å²) in [6.07, 6.45) is 4.82. The zero-order chi connectivity index (χ0) is 13.3. The van der Waals surface area contributed by atoms with Crippen LogP contribution in [0.25, 0.3) is 0 Å². The molecule has 0 aromatic rings. The van der Waals surface area contributed by atoms with Crippen LogP contribution in [0.4, 0.5) is 0 Å².